The van der Waals surface area contributed by atoms with Crippen molar-refractivity contribution in [2.24, 2.45) is 11.8 Å². The van der Waals surface area contributed by atoms with Crippen LogP contribution in [0.3, 0.4) is 0 Å². The number of para-hydroxylation sites is 1. The number of ether oxygens (including phenoxy) is 1. The van der Waals surface area contributed by atoms with Gasteiger partial charge in [-0.15, -0.1) is 0 Å². The van der Waals surface area contributed by atoms with Gasteiger partial charge in [0, 0.05) is 0 Å². The summed E-state index contributed by atoms with van der Waals surface area (Å²) in [7, 11) is 0. The van der Waals surface area contributed by atoms with Crippen molar-refractivity contribution in [3.05, 3.63) is 36.8 Å². The molecule has 1 saturated carbocycles. The number of benzene rings is 1. The molecular weight excluding hydrogens is 208 g/mol. The van der Waals surface area contributed by atoms with Gasteiger partial charge in [0.2, 0.25) is 0 Å². The molecular formula is C16H23O. The summed E-state index contributed by atoms with van der Waals surface area (Å²) in [5.41, 5.74) is -0.00720. The Labute approximate surface area is 105 Å². The summed E-state index contributed by atoms with van der Waals surface area (Å²) in [6.45, 7) is 6.84. The molecule has 1 aliphatic rings. The lowest BCUT2D eigenvalue weighted by molar-refractivity contribution is 0.0479. The topological polar surface area (TPSA) is 9.23 Å². The summed E-state index contributed by atoms with van der Waals surface area (Å²) >= 11 is 0. The largest absolute Gasteiger partial charge is 0.488 e. The Morgan fingerprint density at radius 3 is 2.47 bits per heavy atom. The second kappa shape index (κ2) is 5.12. The van der Waals surface area contributed by atoms with Gasteiger partial charge >= 0.3 is 0 Å². The maximum absolute atomic E-state index is 6.14. The molecule has 0 saturated heterocycles. The molecule has 0 N–H and O–H groups in total. The molecule has 2 atom stereocenters. The van der Waals surface area contributed by atoms with E-state index in [0.717, 1.165) is 30.4 Å². The van der Waals surface area contributed by atoms with Crippen LogP contribution in [0.5, 0.6) is 5.75 Å². The molecule has 1 aromatic rings. The molecule has 0 amide bonds. The minimum absolute atomic E-state index is 0.00720. The van der Waals surface area contributed by atoms with Crippen LogP contribution in [0.1, 0.15) is 40.0 Å². The normalized spacial score (nSPS) is 29.3. The van der Waals surface area contributed by atoms with E-state index in [1.165, 1.54) is 6.42 Å². The molecule has 0 bridgehead atoms. The highest BCUT2D eigenvalue weighted by atomic mass is 16.5. The lowest BCUT2D eigenvalue weighted by Crippen LogP contribution is -2.38. The average molecular weight is 231 g/mol. The second-order valence-electron chi connectivity index (χ2n) is 5.75. The van der Waals surface area contributed by atoms with Crippen molar-refractivity contribution in [3.63, 3.8) is 0 Å². The van der Waals surface area contributed by atoms with E-state index in [1.807, 2.05) is 30.3 Å². The van der Waals surface area contributed by atoms with Gasteiger partial charge in [-0.25, -0.2) is 0 Å². The Hall–Kier alpha value is -0.980. The van der Waals surface area contributed by atoms with Gasteiger partial charge in [-0.05, 0) is 56.6 Å². The smallest absolute Gasteiger partial charge is 0.120 e. The first kappa shape index (κ1) is 12.5. The molecule has 2 unspecified atom stereocenters. The monoisotopic (exact) mass is 231 g/mol. The lowest BCUT2D eigenvalue weighted by atomic mass is 9.75. The van der Waals surface area contributed by atoms with Gasteiger partial charge in [0.25, 0.3) is 0 Å². The van der Waals surface area contributed by atoms with Gasteiger partial charge in [0.05, 0.1) is 0 Å². The summed E-state index contributed by atoms with van der Waals surface area (Å²) in [4.78, 5) is 0. The van der Waals surface area contributed by atoms with Crippen LogP contribution in [0, 0.1) is 18.3 Å². The van der Waals surface area contributed by atoms with E-state index in [0.29, 0.717) is 0 Å². The van der Waals surface area contributed by atoms with Crippen molar-refractivity contribution in [1.29, 1.82) is 0 Å². The molecule has 0 heterocycles. The Morgan fingerprint density at radius 2 is 1.94 bits per heavy atom. The number of hydrogen-bond donors (Lipinski definition) is 0. The van der Waals surface area contributed by atoms with Crippen molar-refractivity contribution in [3.8, 4) is 5.75 Å². The highest BCUT2D eigenvalue weighted by Crippen LogP contribution is 2.37. The Kier molecular flexibility index (Phi) is 3.76. The molecule has 1 aliphatic carbocycles. The van der Waals surface area contributed by atoms with Crippen LogP contribution in [-0.4, -0.2) is 5.60 Å². The van der Waals surface area contributed by atoms with Crippen molar-refractivity contribution >= 4 is 0 Å². The van der Waals surface area contributed by atoms with Crippen LogP contribution in [0.25, 0.3) is 0 Å². The summed E-state index contributed by atoms with van der Waals surface area (Å²) in [5.74, 6) is 2.52. The fraction of sp³-hybridized carbons (Fsp3) is 0.562. The molecule has 0 spiro atoms. The van der Waals surface area contributed by atoms with E-state index in [9.17, 15) is 0 Å². The summed E-state index contributed by atoms with van der Waals surface area (Å²) in [5, 5.41) is 0. The van der Waals surface area contributed by atoms with Gasteiger partial charge in [0.1, 0.15) is 11.4 Å². The molecule has 1 aromatic carbocycles. The lowest BCUT2D eigenvalue weighted by Gasteiger charge is -2.38. The first-order valence-electron chi connectivity index (χ1n) is 6.66. The van der Waals surface area contributed by atoms with E-state index in [2.05, 4.69) is 27.2 Å². The summed E-state index contributed by atoms with van der Waals surface area (Å²) < 4.78 is 6.14. The maximum Gasteiger partial charge on any atom is 0.120 e. The molecule has 1 heteroatoms. The van der Waals surface area contributed by atoms with Crippen molar-refractivity contribution < 1.29 is 4.74 Å². The van der Waals surface area contributed by atoms with Crippen LogP contribution in [0.15, 0.2) is 30.3 Å². The van der Waals surface area contributed by atoms with Crippen LogP contribution in [0.2, 0.25) is 0 Å². The van der Waals surface area contributed by atoms with E-state index in [-0.39, 0.29) is 5.60 Å². The SMILES string of the molecule is CC(C)C1[CH]CC(C)(Oc2ccccc2)CC1. The second-order valence-corrected chi connectivity index (χ2v) is 5.75. The van der Waals surface area contributed by atoms with Gasteiger partial charge in [-0.3, -0.25) is 0 Å². The highest BCUT2D eigenvalue weighted by Gasteiger charge is 2.33. The third-order valence-electron chi connectivity index (χ3n) is 3.82. The summed E-state index contributed by atoms with van der Waals surface area (Å²) in [6, 6.07) is 10.2. The molecule has 1 fully saturated rings. The Morgan fingerprint density at radius 1 is 1.24 bits per heavy atom. The first-order valence-corrected chi connectivity index (χ1v) is 6.66. The average Bonchev–Trinajstić information content (AvgIpc) is 2.30. The van der Waals surface area contributed by atoms with Crippen LogP contribution < -0.4 is 4.74 Å². The van der Waals surface area contributed by atoms with Gasteiger partial charge < -0.3 is 4.74 Å². The third-order valence-corrected chi connectivity index (χ3v) is 3.82. The molecule has 17 heavy (non-hydrogen) atoms. The zero-order chi connectivity index (χ0) is 12.3. The zero-order valence-corrected chi connectivity index (χ0v) is 11.1. The number of hydrogen-bond acceptors (Lipinski definition) is 1. The molecule has 0 aromatic heterocycles. The van der Waals surface area contributed by atoms with E-state index in [1.54, 1.807) is 0 Å². The van der Waals surface area contributed by atoms with Crippen molar-refractivity contribution in [1.82, 2.24) is 0 Å². The Bertz CT molecular complexity index is 334. The molecule has 93 valence electrons. The Balaban J connectivity index is 1.94. The zero-order valence-electron chi connectivity index (χ0n) is 11.1. The predicted molar refractivity (Wildman–Crippen MR) is 72.0 cm³/mol. The molecule has 2 rings (SSSR count). The van der Waals surface area contributed by atoms with Crippen molar-refractivity contribution in [2.45, 2.75) is 45.6 Å². The van der Waals surface area contributed by atoms with Crippen molar-refractivity contribution in [2.75, 3.05) is 0 Å². The minimum atomic E-state index is -0.00720. The standard InChI is InChI=1S/C16H23O/c1-13(2)14-9-11-16(3,12-10-14)17-15-7-5-4-6-8-15/h4-9,13-14H,10-12H2,1-3H3. The van der Waals surface area contributed by atoms with Gasteiger partial charge in [-0.2, -0.15) is 0 Å². The van der Waals surface area contributed by atoms with E-state index < -0.39 is 0 Å². The molecule has 0 aliphatic heterocycles. The highest BCUT2D eigenvalue weighted by molar-refractivity contribution is 5.22. The van der Waals surface area contributed by atoms with Crippen LogP contribution in [0.4, 0.5) is 0 Å². The number of rotatable bonds is 3. The predicted octanol–water partition coefficient (Wildman–Crippen LogP) is 4.48. The first-order chi connectivity index (χ1) is 8.09. The van der Waals surface area contributed by atoms with Crippen LogP contribution in [-0.2, 0) is 0 Å². The summed E-state index contributed by atoms with van der Waals surface area (Å²) in [6.07, 6.45) is 5.92. The minimum Gasteiger partial charge on any atom is -0.488 e. The van der Waals surface area contributed by atoms with Crippen LogP contribution >= 0.6 is 0 Å². The van der Waals surface area contributed by atoms with Gasteiger partial charge in [0.15, 0.2) is 0 Å². The van der Waals surface area contributed by atoms with E-state index >= 15 is 0 Å². The maximum atomic E-state index is 6.14. The molecule has 1 nitrogen and oxygen atoms in total. The fourth-order valence-corrected chi connectivity index (χ4v) is 2.56. The fourth-order valence-electron chi connectivity index (χ4n) is 2.56. The quantitative estimate of drug-likeness (QED) is 0.745. The third kappa shape index (κ3) is 3.24. The molecule has 1 radical (unpaired) electrons. The van der Waals surface area contributed by atoms with Gasteiger partial charge in [-0.1, -0.05) is 32.0 Å². The van der Waals surface area contributed by atoms with E-state index in [4.69, 9.17) is 4.74 Å².